The lowest BCUT2D eigenvalue weighted by Crippen LogP contribution is -2.48. The van der Waals surface area contributed by atoms with Crippen LogP contribution in [0.4, 0.5) is 5.69 Å². The molecule has 0 atom stereocenters. The molecule has 0 unspecified atom stereocenters. The highest BCUT2D eigenvalue weighted by Crippen LogP contribution is 2.16. The largest absolute Gasteiger partial charge is 0.468 e. The van der Waals surface area contributed by atoms with Gasteiger partial charge in [-0.15, -0.1) is 0 Å². The van der Waals surface area contributed by atoms with Gasteiger partial charge in [-0.05, 0) is 30.3 Å². The number of benzene rings is 1. The second kappa shape index (κ2) is 10.1. The molecule has 2 aromatic rings. The van der Waals surface area contributed by atoms with Crippen molar-refractivity contribution in [1.82, 2.24) is 14.7 Å². The van der Waals surface area contributed by atoms with Crippen molar-refractivity contribution in [2.45, 2.75) is 6.54 Å². The summed E-state index contributed by atoms with van der Waals surface area (Å²) < 4.78 is 5.41. The van der Waals surface area contributed by atoms with Crippen molar-refractivity contribution in [2.75, 3.05) is 62.6 Å². The van der Waals surface area contributed by atoms with E-state index in [1.165, 1.54) is 0 Å². The SMILES string of the molecule is O=C(CN1CCN(Cc2ccco2)CC1)Nc1cccc(C(=O)N2CCSCC2)c1. The van der Waals surface area contributed by atoms with Gasteiger partial charge in [0.15, 0.2) is 0 Å². The van der Waals surface area contributed by atoms with Gasteiger partial charge in [-0.2, -0.15) is 11.8 Å². The molecular weight excluding hydrogens is 400 g/mol. The highest BCUT2D eigenvalue weighted by Gasteiger charge is 2.21. The first kappa shape index (κ1) is 21.0. The van der Waals surface area contributed by atoms with E-state index >= 15 is 0 Å². The van der Waals surface area contributed by atoms with Gasteiger partial charge in [0, 0.05) is 62.0 Å². The Labute approximate surface area is 181 Å². The molecule has 7 nitrogen and oxygen atoms in total. The maximum atomic E-state index is 12.7. The summed E-state index contributed by atoms with van der Waals surface area (Å²) in [6, 6.07) is 11.2. The van der Waals surface area contributed by atoms with E-state index in [2.05, 4.69) is 15.1 Å². The number of furan rings is 1. The molecule has 2 aliphatic rings. The Morgan fingerprint density at radius 2 is 1.73 bits per heavy atom. The maximum Gasteiger partial charge on any atom is 0.253 e. The number of piperazine rings is 1. The van der Waals surface area contributed by atoms with Crippen LogP contribution in [0.1, 0.15) is 16.1 Å². The zero-order chi connectivity index (χ0) is 20.8. The van der Waals surface area contributed by atoms with Gasteiger partial charge < -0.3 is 14.6 Å². The number of anilines is 1. The Morgan fingerprint density at radius 1 is 0.967 bits per heavy atom. The van der Waals surface area contributed by atoms with E-state index in [1.54, 1.807) is 12.3 Å². The van der Waals surface area contributed by atoms with E-state index in [4.69, 9.17) is 4.42 Å². The molecular formula is C22H28N4O3S. The predicted molar refractivity (Wildman–Crippen MR) is 119 cm³/mol. The summed E-state index contributed by atoms with van der Waals surface area (Å²) in [7, 11) is 0. The van der Waals surface area contributed by atoms with Gasteiger partial charge in [0.2, 0.25) is 5.91 Å². The molecule has 2 saturated heterocycles. The zero-order valence-corrected chi connectivity index (χ0v) is 17.9. The second-order valence-electron chi connectivity index (χ2n) is 7.67. The first-order valence-corrected chi connectivity index (χ1v) is 11.6. The molecule has 4 rings (SSSR count). The molecule has 0 aliphatic carbocycles. The summed E-state index contributed by atoms with van der Waals surface area (Å²) in [5, 5.41) is 2.95. The van der Waals surface area contributed by atoms with Crippen molar-refractivity contribution in [3.05, 3.63) is 54.0 Å². The number of carbonyl (C=O) groups excluding carboxylic acids is 2. The van der Waals surface area contributed by atoms with Crippen LogP contribution in [0.3, 0.4) is 0 Å². The third-order valence-electron chi connectivity index (χ3n) is 5.48. The molecule has 1 N–H and O–H groups in total. The number of amides is 2. The van der Waals surface area contributed by atoms with E-state index in [9.17, 15) is 9.59 Å². The van der Waals surface area contributed by atoms with Gasteiger partial charge in [0.1, 0.15) is 5.76 Å². The van der Waals surface area contributed by atoms with E-state index in [0.29, 0.717) is 17.8 Å². The van der Waals surface area contributed by atoms with Gasteiger partial charge >= 0.3 is 0 Å². The summed E-state index contributed by atoms with van der Waals surface area (Å²) in [6.07, 6.45) is 1.70. The van der Waals surface area contributed by atoms with Crippen LogP contribution in [-0.4, -0.2) is 83.8 Å². The average molecular weight is 429 g/mol. The van der Waals surface area contributed by atoms with Crippen molar-refractivity contribution in [1.29, 1.82) is 0 Å². The number of carbonyl (C=O) groups is 2. The van der Waals surface area contributed by atoms with Crippen LogP contribution in [0.5, 0.6) is 0 Å². The van der Waals surface area contributed by atoms with Gasteiger partial charge in [0.05, 0.1) is 19.4 Å². The normalized spacial score (nSPS) is 18.3. The summed E-state index contributed by atoms with van der Waals surface area (Å²) in [4.78, 5) is 31.6. The summed E-state index contributed by atoms with van der Waals surface area (Å²) in [5.74, 6) is 2.93. The molecule has 3 heterocycles. The lowest BCUT2D eigenvalue weighted by molar-refractivity contribution is -0.117. The van der Waals surface area contributed by atoms with Crippen molar-refractivity contribution in [3.63, 3.8) is 0 Å². The van der Waals surface area contributed by atoms with E-state index < -0.39 is 0 Å². The summed E-state index contributed by atoms with van der Waals surface area (Å²) in [6.45, 7) is 6.25. The monoisotopic (exact) mass is 428 g/mol. The van der Waals surface area contributed by atoms with Crippen LogP contribution in [0, 0.1) is 0 Å². The lowest BCUT2D eigenvalue weighted by atomic mass is 10.1. The smallest absolute Gasteiger partial charge is 0.253 e. The third kappa shape index (κ3) is 5.65. The number of nitrogens with zero attached hydrogens (tertiary/aromatic N) is 3. The Bertz CT molecular complexity index is 844. The Morgan fingerprint density at radius 3 is 2.47 bits per heavy atom. The molecule has 0 radical (unpaired) electrons. The van der Waals surface area contributed by atoms with Gasteiger partial charge in [0.25, 0.3) is 5.91 Å². The van der Waals surface area contributed by atoms with Crippen LogP contribution in [0.25, 0.3) is 0 Å². The van der Waals surface area contributed by atoms with Crippen molar-refractivity contribution < 1.29 is 14.0 Å². The van der Waals surface area contributed by atoms with Crippen molar-refractivity contribution in [3.8, 4) is 0 Å². The molecule has 30 heavy (non-hydrogen) atoms. The maximum absolute atomic E-state index is 12.7. The molecule has 2 amide bonds. The fraction of sp³-hybridized carbons (Fsp3) is 0.455. The molecule has 2 fully saturated rings. The third-order valence-corrected chi connectivity index (χ3v) is 6.43. The number of nitrogens with one attached hydrogen (secondary N) is 1. The molecule has 160 valence electrons. The van der Waals surface area contributed by atoms with Crippen LogP contribution >= 0.6 is 11.8 Å². The van der Waals surface area contributed by atoms with Crippen LogP contribution in [-0.2, 0) is 11.3 Å². The van der Waals surface area contributed by atoms with Crippen LogP contribution < -0.4 is 5.32 Å². The Hall–Kier alpha value is -2.29. The first-order chi connectivity index (χ1) is 14.7. The molecule has 1 aromatic heterocycles. The van der Waals surface area contributed by atoms with Crippen LogP contribution in [0.15, 0.2) is 47.1 Å². The summed E-state index contributed by atoms with van der Waals surface area (Å²) in [5.41, 5.74) is 1.31. The fourth-order valence-electron chi connectivity index (χ4n) is 3.81. The molecule has 2 aliphatic heterocycles. The van der Waals surface area contributed by atoms with E-state index in [1.807, 2.05) is 47.0 Å². The van der Waals surface area contributed by atoms with Gasteiger partial charge in [-0.3, -0.25) is 19.4 Å². The predicted octanol–water partition coefficient (Wildman–Crippen LogP) is 2.22. The van der Waals surface area contributed by atoms with E-state index in [0.717, 1.165) is 63.1 Å². The second-order valence-corrected chi connectivity index (χ2v) is 8.89. The van der Waals surface area contributed by atoms with E-state index in [-0.39, 0.29) is 11.8 Å². The molecule has 0 saturated carbocycles. The highest BCUT2D eigenvalue weighted by atomic mass is 32.2. The Kier molecular flexibility index (Phi) is 7.09. The molecule has 0 bridgehead atoms. The minimum atomic E-state index is -0.0477. The average Bonchev–Trinajstić information content (AvgIpc) is 3.28. The lowest BCUT2D eigenvalue weighted by Gasteiger charge is -2.33. The topological polar surface area (TPSA) is 69.0 Å². The van der Waals surface area contributed by atoms with Crippen molar-refractivity contribution in [2.24, 2.45) is 0 Å². The zero-order valence-electron chi connectivity index (χ0n) is 17.1. The van der Waals surface area contributed by atoms with Crippen molar-refractivity contribution >= 4 is 29.3 Å². The van der Waals surface area contributed by atoms with Crippen LogP contribution in [0.2, 0.25) is 0 Å². The molecule has 1 aromatic carbocycles. The number of rotatable bonds is 6. The molecule has 0 spiro atoms. The number of hydrogen-bond donors (Lipinski definition) is 1. The minimum Gasteiger partial charge on any atom is -0.468 e. The minimum absolute atomic E-state index is 0.0408. The standard InChI is InChI=1S/C22H28N4O3S/c27-21(17-25-8-6-24(7-9-25)16-20-5-2-12-29-20)23-19-4-1-3-18(15-19)22(28)26-10-13-30-14-11-26/h1-5,12,15H,6-11,13-14,16-17H2,(H,23,27). The Balaban J connectivity index is 1.25. The first-order valence-electron chi connectivity index (χ1n) is 10.4. The number of hydrogen-bond acceptors (Lipinski definition) is 6. The highest BCUT2D eigenvalue weighted by molar-refractivity contribution is 7.99. The van der Waals surface area contributed by atoms with Gasteiger partial charge in [-0.25, -0.2) is 0 Å². The molecule has 8 heteroatoms. The van der Waals surface area contributed by atoms with Gasteiger partial charge in [-0.1, -0.05) is 6.07 Å². The quantitative estimate of drug-likeness (QED) is 0.761. The fourth-order valence-corrected chi connectivity index (χ4v) is 4.71. The summed E-state index contributed by atoms with van der Waals surface area (Å²) >= 11 is 1.88. The number of thioether (sulfide) groups is 1.